The number of hydrogen-bond acceptors (Lipinski definition) is 3. The molecule has 0 aliphatic heterocycles. The van der Waals surface area contributed by atoms with Crippen LogP contribution in [0.1, 0.15) is 19.6 Å². The molecular weight excluding hydrogens is 214 g/mol. The van der Waals surface area contributed by atoms with Gasteiger partial charge in [-0.05, 0) is 6.42 Å². The van der Waals surface area contributed by atoms with Crippen molar-refractivity contribution in [1.29, 1.82) is 0 Å². The Balaban J connectivity index is 2.22. The van der Waals surface area contributed by atoms with Crippen LogP contribution in [-0.2, 0) is 0 Å². The lowest BCUT2D eigenvalue weighted by Gasteiger charge is -2.17. The van der Waals surface area contributed by atoms with E-state index in [1.807, 2.05) is 43.5 Å². The Bertz CT molecular complexity index is 467. The van der Waals surface area contributed by atoms with Crippen LogP contribution >= 0.6 is 0 Å². The van der Waals surface area contributed by atoms with Crippen LogP contribution in [-0.4, -0.2) is 20.7 Å². The lowest BCUT2D eigenvalue weighted by atomic mass is 10.2. The number of aliphatic hydroxyl groups is 1. The minimum atomic E-state index is -0.718. The second kappa shape index (κ2) is 5.12. The van der Waals surface area contributed by atoms with Crippen molar-refractivity contribution in [3.8, 4) is 11.3 Å². The van der Waals surface area contributed by atoms with Gasteiger partial charge in [0.25, 0.3) is 0 Å². The highest BCUT2D eigenvalue weighted by Gasteiger charge is 2.15. The summed E-state index contributed by atoms with van der Waals surface area (Å²) in [5.74, 6) is 0. The summed E-state index contributed by atoms with van der Waals surface area (Å²) in [6.45, 7) is 1.95. The minimum Gasteiger partial charge on any atom is -0.372 e. The molecule has 0 aliphatic rings. The Labute approximate surface area is 101 Å². The molecule has 0 saturated heterocycles. The van der Waals surface area contributed by atoms with E-state index in [2.05, 4.69) is 4.98 Å². The smallest absolute Gasteiger partial charge is 0.146 e. The molecule has 0 spiro atoms. The first kappa shape index (κ1) is 11.8. The summed E-state index contributed by atoms with van der Waals surface area (Å²) in [4.78, 5) is 4.27. The molecule has 2 rings (SSSR count). The van der Waals surface area contributed by atoms with Gasteiger partial charge in [0.1, 0.15) is 6.23 Å². The second-order valence-corrected chi connectivity index (χ2v) is 4.06. The van der Waals surface area contributed by atoms with Crippen LogP contribution in [0.25, 0.3) is 11.3 Å². The van der Waals surface area contributed by atoms with E-state index in [1.54, 1.807) is 10.9 Å². The van der Waals surface area contributed by atoms with E-state index in [0.717, 1.165) is 17.7 Å². The number of benzene rings is 1. The molecule has 2 unspecified atom stereocenters. The number of nitrogens with two attached hydrogens (primary N) is 1. The maximum Gasteiger partial charge on any atom is 0.146 e. The summed E-state index contributed by atoms with van der Waals surface area (Å²) in [5.41, 5.74) is 7.67. The Morgan fingerprint density at radius 3 is 2.71 bits per heavy atom. The van der Waals surface area contributed by atoms with Gasteiger partial charge in [-0.1, -0.05) is 37.3 Å². The van der Waals surface area contributed by atoms with Gasteiger partial charge in [-0.2, -0.15) is 0 Å². The summed E-state index contributed by atoms with van der Waals surface area (Å²) in [6, 6.07) is 9.58. The molecular formula is C13H17N3O. The Hall–Kier alpha value is -1.65. The molecule has 90 valence electrons. The lowest BCUT2D eigenvalue weighted by Crippen LogP contribution is -2.30. The van der Waals surface area contributed by atoms with E-state index in [9.17, 15) is 5.11 Å². The van der Waals surface area contributed by atoms with Crippen LogP contribution in [0.4, 0.5) is 0 Å². The average molecular weight is 231 g/mol. The normalized spacial score (nSPS) is 14.5. The first-order valence-electron chi connectivity index (χ1n) is 5.75. The summed E-state index contributed by atoms with van der Waals surface area (Å²) in [5, 5.41) is 9.95. The van der Waals surface area contributed by atoms with E-state index in [0.29, 0.717) is 0 Å². The predicted molar refractivity (Wildman–Crippen MR) is 67.2 cm³/mol. The number of aromatic nitrogens is 2. The molecule has 3 N–H and O–H groups in total. The largest absolute Gasteiger partial charge is 0.372 e. The van der Waals surface area contributed by atoms with Gasteiger partial charge in [0.2, 0.25) is 0 Å². The summed E-state index contributed by atoms with van der Waals surface area (Å²) < 4.78 is 1.65. The zero-order valence-electron chi connectivity index (χ0n) is 9.82. The van der Waals surface area contributed by atoms with Gasteiger partial charge < -0.3 is 15.4 Å². The van der Waals surface area contributed by atoms with E-state index in [4.69, 9.17) is 5.73 Å². The number of rotatable bonds is 4. The Morgan fingerprint density at radius 1 is 1.35 bits per heavy atom. The Kier molecular flexibility index (Phi) is 3.56. The third kappa shape index (κ3) is 2.54. The van der Waals surface area contributed by atoms with Crippen molar-refractivity contribution in [3.63, 3.8) is 0 Å². The van der Waals surface area contributed by atoms with Gasteiger partial charge in [0.15, 0.2) is 0 Å². The summed E-state index contributed by atoms with van der Waals surface area (Å²) in [7, 11) is 0. The molecule has 1 heterocycles. The molecule has 0 bridgehead atoms. The maximum atomic E-state index is 9.95. The van der Waals surface area contributed by atoms with Crippen LogP contribution in [0.15, 0.2) is 42.9 Å². The monoisotopic (exact) mass is 231 g/mol. The zero-order chi connectivity index (χ0) is 12.3. The Morgan fingerprint density at radius 2 is 2.06 bits per heavy atom. The van der Waals surface area contributed by atoms with Gasteiger partial charge in [0, 0.05) is 17.8 Å². The van der Waals surface area contributed by atoms with Crippen molar-refractivity contribution in [2.75, 3.05) is 0 Å². The van der Waals surface area contributed by atoms with Crippen LogP contribution in [0, 0.1) is 0 Å². The molecule has 2 aromatic rings. The lowest BCUT2D eigenvalue weighted by molar-refractivity contribution is 0.0742. The van der Waals surface area contributed by atoms with Gasteiger partial charge in [-0.15, -0.1) is 0 Å². The SMILES string of the molecule is CCC(N)C(O)n1cnc(-c2ccccc2)c1. The van der Waals surface area contributed by atoms with Crippen LogP contribution in [0.2, 0.25) is 0 Å². The van der Waals surface area contributed by atoms with Crippen molar-refractivity contribution in [2.45, 2.75) is 25.6 Å². The van der Waals surface area contributed by atoms with Gasteiger partial charge in [-0.25, -0.2) is 4.98 Å². The van der Waals surface area contributed by atoms with Gasteiger partial charge >= 0.3 is 0 Å². The topological polar surface area (TPSA) is 64.1 Å². The number of hydrogen-bond donors (Lipinski definition) is 2. The highest BCUT2D eigenvalue weighted by atomic mass is 16.3. The van der Waals surface area contributed by atoms with Crippen molar-refractivity contribution in [2.24, 2.45) is 5.73 Å². The third-order valence-electron chi connectivity index (χ3n) is 2.83. The van der Waals surface area contributed by atoms with Crippen molar-refractivity contribution in [1.82, 2.24) is 9.55 Å². The molecule has 0 amide bonds. The van der Waals surface area contributed by atoms with Crippen LogP contribution in [0.3, 0.4) is 0 Å². The fourth-order valence-electron chi connectivity index (χ4n) is 1.67. The summed E-state index contributed by atoms with van der Waals surface area (Å²) >= 11 is 0. The molecule has 1 aromatic heterocycles. The minimum absolute atomic E-state index is 0.271. The fraction of sp³-hybridized carbons (Fsp3) is 0.308. The molecule has 4 nitrogen and oxygen atoms in total. The van der Waals surface area contributed by atoms with E-state index < -0.39 is 6.23 Å². The zero-order valence-corrected chi connectivity index (χ0v) is 9.82. The van der Waals surface area contributed by atoms with Crippen LogP contribution in [0.5, 0.6) is 0 Å². The quantitative estimate of drug-likeness (QED) is 0.843. The molecule has 2 atom stereocenters. The highest BCUT2D eigenvalue weighted by molar-refractivity contribution is 5.57. The highest BCUT2D eigenvalue weighted by Crippen LogP contribution is 2.18. The second-order valence-electron chi connectivity index (χ2n) is 4.06. The van der Waals surface area contributed by atoms with Crippen molar-refractivity contribution < 1.29 is 5.11 Å². The number of nitrogens with zero attached hydrogens (tertiary/aromatic N) is 2. The molecule has 4 heteroatoms. The van der Waals surface area contributed by atoms with Crippen LogP contribution < -0.4 is 5.73 Å². The predicted octanol–water partition coefficient (Wildman–Crippen LogP) is 1.78. The molecule has 0 fully saturated rings. The van der Waals surface area contributed by atoms with Crippen molar-refractivity contribution in [3.05, 3.63) is 42.9 Å². The fourth-order valence-corrected chi connectivity index (χ4v) is 1.67. The van der Waals surface area contributed by atoms with E-state index in [1.165, 1.54) is 0 Å². The van der Waals surface area contributed by atoms with E-state index >= 15 is 0 Å². The van der Waals surface area contributed by atoms with Gasteiger partial charge in [0.05, 0.1) is 12.0 Å². The first-order valence-corrected chi connectivity index (χ1v) is 5.75. The average Bonchev–Trinajstić information content (AvgIpc) is 2.87. The number of imidazole rings is 1. The molecule has 0 saturated carbocycles. The number of aliphatic hydroxyl groups excluding tert-OH is 1. The molecule has 0 radical (unpaired) electrons. The standard InChI is InChI=1S/C13H17N3O/c1-2-11(14)13(17)16-8-12(15-9-16)10-6-4-3-5-7-10/h3-9,11,13,17H,2,14H2,1H3. The molecule has 0 aliphatic carbocycles. The van der Waals surface area contributed by atoms with Gasteiger partial charge in [-0.3, -0.25) is 0 Å². The summed E-state index contributed by atoms with van der Waals surface area (Å²) in [6.07, 6.45) is 3.43. The van der Waals surface area contributed by atoms with E-state index in [-0.39, 0.29) is 6.04 Å². The third-order valence-corrected chi connectivity index (χ3v) is 2.83. The van der Waals surface area contributed by atoms with Crippen molar-refractivity contribution >= 4 is 0 Å². The molecule has 1 aromatic carbocycles. The maximum absolute atomic E-state index is 9.95. The first-order chi connectivity index (χ1) is 8.22. The molecule has 17 heavy (non-hydrogen) atoms.